The Morgan fingerprint density at radius 3 is 2.33 bits per heavy atom. The first-order valence-electron chi connectivity index (χ1n) is 3.35. The summed E-state index contributed by atoms with van der Waals surface area (Å²) < 4.78 is 12.1. The van der Waals surface area contributed by atoms with Gasteiger partial charge in [-0.25, -0.2) is 9.18 Å². The van der Waals surface area contributed by atoms with E-state index in [4.69, 9.17) is 5.11 Å². The molecule has 0 aromatic heterocycles. The molecule has 0 saturated carbocycles. The molecule has 0 radical (unpaired) electrons. The summed E-state index contributed by atoms with van der Waals surface area (Å²) in [4.78, 5) is 10.4. The molecule has 1 N–H and O–H groups in total. The molecule has 1 aromatic carbocycles. The third kappa shape index (κ3) is 1.69. The molecule has 0 aliphatic carbocycles. The maximum atomic E-state index is 12.1. The number of carboxylic acid groups (broad SMARTS) is 1. The molecule has 0 atom stereocenters. The molecular weight excluding hydrogens is 159 g/mol. The average Bonchev–Trinajstić information content (AvgIpc) is 2.07. The lowest BCUT2D eigenvalue weighted by atomic mass is 10.1. The molecule has 0 spiro atoms. The van der Waals surface area contributed by atoms with Crippen LogP contribution in [-0.4, -0.2) is 11.1 Å². The Morgan fingerprint density at radius 1 is 1.33 bits per heavy atom. The minimum Gasteiger partial charge on any atom is -0.478 e. The molecule has 0 aliphatic rings. The summed E-state index contributed by atoms with van der Waals surface area (Å²) in [7, 11) is 0. The summed E-state index contributed by atoms with van der Waals surface area (Å²) in [5.74, 6) is -1.26. The second-order valence-electron chi connectivity index (χ2n) is 2.19. The highest BCUT2D eigenvalue weighted by Crippen LogP contribution is 2.13. The molecule has 0 heterocycles. The van der Waals surface area contributed by atoms with Gasteiger partial charge in [0.2, 0.25) is 0 Å². The maximum absolute atomic E-state index is 12.1. The smallest absolute Gasteiger partial charge is 0.338 e. The maximum Gasteiger partial charge on any atom is 0.338 e. The van der Waals surface area contributed by atoms with E-state index < -0.39 is 5.97 Å². The van der Waals surface area contributed by atoms with Crippen LogP contribution in [0.5, 0.6) is 0 Å². The fourth-order valence-corrected chi connectivity index (χ4v) is 0.851. The Bertz CT molecular complexity index is 304. The monoisotopic (exact) mass is 166 g/mol. The summed E-state index contributed by atoms with van der Waals surface area (Å²) in [6.45, 7) is 0. The number of rotatable bonds is 2. The highest BCUT2D eigenvalue weighted by molar-refractivity contribution is 6.14. The lowest BCUT2D eigenvalue weighted by Crippen LogP contribution is -1.98. The van der Waals surface area contributed by atoms with E-state index in [0.29, 0.717) is 5.56 Å². The zero-order valence-electron chi connectivity index (χ0n) is 6.20. The molecule has 0 fully saturated rings. The van der Waals surface area contributed by atoms with Crippen LogP contribution in [0.1, 0.15) is 5.56 Å². The van der Waals surface area contributed by atoms with Gasteiger partial charge in [-0.15, -0.1) is 0 Å². The lowest BCUT2D eigenvalue weighted by Gasteiger charge is -1.97. The SMILES string of the molecule is O=C(O)/C(=C\F)c1ccccc1. The number of carbonyl (C=O) groups is 1. The minimum atomic E-state index is -1.26. The Labute approximate surface area is 69.0 Å². The van der Waals surface area contributed by atoms with Gasteiger partial charge in [0.1, 0.15) is 6.33 Å². The van der Waals surface area contributed by atoms with Crippen LogP contribution in [0.25, 0.3) is 5.57 Å². The van der Waals surface area contributed by atoms with E-state index in [1.54, 1.807) is 30.3 Å². The van der Waals surface area contributed by atoms with Crippen molar-refractivity contribution in [2.45, 2.75) is 0 Å². The number of aliphatic carboxylic acids is 1. The van der Waals surface area contributed by atoms with Crippen LogP contribution in [-0.2, 0) is 4.79 Å². The van der Waals surface area contributed by atoms with Crippen LogP contribution in [0.15, 0.2) is 36.7 Å². The van der Waals surface area contributed by atoms with Gasteiger partial charge in [0, 0.05) is 0 Å². The van der Waals surface area contributed by atoms with Crippen molar-refractivity contribution in [1.82, 2.24) is 0 Å². The molecule has 0 bridgehead atoms. The normalized spacial score (nSPS) is 11.2. The van der Waals surface area contributed by atoms with Crippen molar-refractivity contribution >= 4 is 11.5 Å². The third-order valence-corrected chi connectivity index (χ3v) is 1.42. The standard InChI is InChI=1S/C9H7FO2/c10-6-8(9(11)12)7-4-2-1-3-5-7/h1-6H,(H,11,12)/b8-6-. The second kappa shape index (κ2) is 3.67. The minimum absolute atomic E-state index is 0.0949. The highest BCUT2D eigenvalue weighted by Gasteiger charge is 2.08. The van der Waals surface area contributed by atoms with Gasteiger partial charge in [-0.2, -0.15) is 0 Å². The molecule has 0 aliphatic heterocycles. The summed E-state index contributed by atoms with van der Waals surface area (Å²) in [5, 5.41) is 8.52. The quantitative estimate of drug-likeness (QED) is 0.683. The van der Waals surface area contributed by atoms with Crippen LogP contribution < -0.4 is 0 Å². The summed E-state index contributed by atoms with van der Waals surface area (Å²) >= 11 is 0. The van der Waals surface area contributed by atoms with Crippen molar-refractivity contribution in [2.24, 2.45) is 0 Å². The molecule has 1 rings (SSSR count). The molecule has 12 heavy (non-hydrogen) atoms. The molecule has 0 amide bonds. The molecule has 0 unspecified atom stereocenters. The van der Waals surface area contributed by atoms with E-state index in [1.807, 2.05) is 0 Å². The first kappa shape index (κ1) is 8.46. The van der Waals surface area contributed by atoms with Crippen molar-refractivity contribution in [3.8, 4) is 0 Å². The van der Waals surface area contributed by atoms with E-state index in [2.05, 4.69) is 0 Å². The summed E-state index contributed by atoms with van der Waals surface area (Å²) in [5.41, 5.74) is 0.0445. The largest absolute Gasteiger partial charge is 0.478 e. The average molecular weight is 166 g/mol. The van der Waals surface area contributed by atoms with E-state index in [1.165, 1.54) is 0 Å². The van der Waals surface area contributed by atoms with E-state index in [-0.39, 0.29) is 11.9 Å². The predicted molar refractivity (Wildman–Crippen MR) is 43.2 cm³/mol. The van der Waals surface area contributed by atoms with Gasteiger partial charge in [0.05, 0.1) is 5.57 Å². The first-order chi connectivity index (χ1) is 5.75. The number of hydrogen-bond donors (Lipinski definition) is 1. The van der Waals surface area contributed by atoms with E-state index >= 15 is 0 Å². The third-order valence-electron chi connectivity index (χ3n) is 1.42. The van der Waals surface area contributed by atoms with Crippen LogP contribution in [0.4, 0.5) is 4.39 Å². The van der Waals surface area contributed by atoms with E-state index in [0.717, 1.165) is 0 Å². The number of benzene rings is 1. The molecule has 2 nitrogen and oxygen atoms in total. The zero-order valence-corrected chi connectivity index (χ0v) is 6.20. The molecule has 0 saturated heterocycles. The molecular formula is C9H7FO2. The lowest BCUT2D eigenvalue weighted by molar-refractivity contribution is -0.130. The van der Waals surface area contributed by atoms with Crippen molar-refractivity contribution in [3.63, 3.8) is 0 Å². The number of halogens is 1. The topological polar surface area (TPSA) is 37.3 Å². The Morgan fingerprint density at radius 2 is 1.92 bits per heavy atom. The highest BCUT2D eigenvalue weighted by atomic mass is 19.1. The van der Waals surface area contributed by atoms with Crippen molar-refractivity contribution in [2.75, 3.05) is 0 Å². The van der Waals surface area contributed by atoms with E-state index in [9.17, 15) is 9.18 Å². The number of carboxylic acids is 1. The Kier molecular flexibility index (Phi) is 2.58. The fourth-order valence-electron chi connectivity index (χ4n) is 0.851. The van der Waals surface area contributed by atoms with Gasteiger partial charge in [-0.05, 0) is 5.56 Å². The zero-order chi connectivity index (χ0) is 8.97. The van der Waals surface area contributed by atoms with Gasteiger partial charge >= 0.3 is 5.97 Å². The fraction of sp³-hybridized carbons (Fsp3) is 0. The van der Waals surface area contributed by atoms with Crippen molar-refractivity contribution in [3.05, 3.63) is 42.2 Å². The van der Waals surface area contributed by atoms with Crippen LogP contribution >= 0.6 is 0 Å². The van der Waals surface area contributed by atoms with Gasteiger partial charge in [0.15, 0.2) is 0 Å². The van der Waals surface area contributed by atoms with Crippen molar-refractivity contribution < 1.29 is 14.3 Å². The molecule has 1 aromatic rings. The second-order valence-corrected chi connectivity index (χ2v) is 2.19. The number of hydrogen-bond acceptors (Lipinski definition) is 1. The van der Waals surface area contributed by atoms with Crippen LogP contribution in [0.3, 0.4) is 0 Å². The van der Waals surface area contributed by atoms with Gasteiger partial charge < -0.3 is 5.11 Å². The summed E-state index contributed by atoms with van der Waals surface area (Å²) in [6, 6.07) is 8.13. The van der Waals surface area contributed by atoms with Crippen molar-refractivity contribution in [1.29, 1.82) is 0 Å². The Hall–Kier alpha value is -1.64. The van der Waals surface area contributed by atoms with Gasteiger partial charge in [0.25, 0.3) is 0 Å². The molecule has 62 valence electrons. The first-order valence-corrected chi connectivity index (χ1v) is 3.35. The van der Waals surface area contributed by atoms with Gasteiger partial charge in [-0.1, -0.05) is 30.3 Å². The Balaban J connectivity index is 3.05. The molecule has 3 heteroatoms. The van der Waals surface area contributed by atoms with Gasteiger partial charge in [-0.3, -0.25) is 0 Å². The van der Waals surface area contributed by atoms with Crippen LogP contribution in [0.2, 0.25) is 0 Å². The summed E-state index contributed by atoms with van der Waals surface area (Å²) in [6.07, 6.45) is 0.0949. The predicted octanol–water partition coefficient (Wildman–Crippen LogP) is 2.08. The van der Waals surface area contributed by atoms with Crippen LogP contribution in [0, 0.1) is 0 Å².